The number of hydrogen-bond donors (Lipinski definition) is 1. The average Bonchev–Trinajstić information content (AvgIpc) is 2.68. The van der Waals surface area contributed by atoms with Gasteiger partial charge in [-0.25, -0.2) is 0 Å². The first kappa shape index (κ1) is 11.7. The molecule has 1 aliphatic rings. The maximum atomic E-state index is 6.18. The van der Waals surface area contributed by atoms with Crippen LogP contribution in [0.3, 0.4) is 0 Å². The van der Waals surface area contributed by atoms with E-state index >= 15 is 0 Å². The fourth-order valence-corrected chi connectivity index (χ4v) is 2.52. The molecule has 0 spiro atoms. The maximum absolute atomic E-state index is 6.18. The summed E-state index contributed by atoms with van der Waals surface area (Å²) in [5.74, 6) is 1.47. The third-order valence-corrected chi connectivity index (χ3v) is 3.28. The first-order valence-corrected chi connectivity index (χ1v) is 6.15. The SMILES string of the molecule is Cc1cc(C)c(OC[C@H]2CCNC2)c(Cl)c1. The van der Waals surface area contributed by atoms with Crippen molar-refractivity contribution in [2.45, 2.75) is 20.3 Å². The van der Waals surface area contributed by atoms with Crippen molar-refractivity contribution >= 4 is 11.6 Å². The van der Waals surface area contributed by atoms with Crippen LogP contribution in [0.15, 0.2) is 12.1 Å². The van der Waals surface area contributed by atoms with Crippen LogP contribution in [0.5, 0.6) is 5.75 Å². The van der Waals surface area contributed by atoms with E-state index in [0.29, 0.717) is 5.92 Å². The van der Waals surface area contributed by atoms with Gasteiger partial charge in [-0.3, -0.25) is 0 Å². The molecule has 1 atom stereocenters. The zero-order chi connectivity index (χ0) is 11.5. The number of benzene rings is 1. The second kappa shape index (κ2) is 5.07. The fraction of sp³-hybridized carbons (Fsp3) is 0.538. The minimum absolute atomic E-state index is 0.622. The Bertz CT molecular complexity index is 349. The Morgan fingerprint density at radius 1 is 1.44 bits per heavy atom. The van der Waals surface area contributed by atoms with Crippen LogP contribution in [0.1, 0.15) is 17.5 Å². The lowest BCUT2D eigenvalue weighted by atomic mass is 10.1. The standard InChI is InChI=1S/C13H18ClNO/c1-9-5-10(2)13(12(14)6-9)16-8-11-3-4-15-7-11/h5-6,11,15H,3-4,7-8H2,1-2H3/t11-/m0/s1. The topological polar surface area (TPSA) is 21.3 Å². The fourth-order valence-electron chi connectivity index (χ4n) is 2.14. The lowest BCUT2D eigenvalue weighted by molar-refractivity contribution is 0.258. The number of aryl methyl sites for hydroxylation is 2. The molecule has 1 fully saturated rings. The molecule has 0 aromatic heterocycles. The van der Waals surface area contributed by atoms with Gasteiger partial charge >= 0.3 is 0 Å². The molecule has 1 N–H and O–H groups in total. The Kier molecular flexibility index (Phi) is 3.72. The summed E-state index contributed by atoms with van der Waals surface area (Å²) in [4.78, 5) is 0. The van der Waals surface area contributed by atoms with Crippen LogP contribution in [0.4, 0.5) is 0 Å². The van der Waals surface area contributed by atoms with Crippen molar-refractivity contribution in [1.29, 1.82) is 0 Å². The predicted octanol–water partition coefficient (Wildman–Crippen LogP) is 2.95. The van der Waals surface area contributed by atoms with Gasteiger partial charge in [-0.2, -0.15) is 0 Å². The van der Waals surface area contributed by atoms with Crippen molar-refractivity contribution in [3.63, 3.8) is 0 Å². The highest BCUT2D eigenvalue weighted by Crippen LogP contribution is 2.30. The van der Waals surface area contributed by atoms with Crippen molar-refractivity contribution in [3.05, 3.63) is 28.3 Å². The molecule has 16 heavy (non-hydrogen) atoms. The van der Waals surface area contributed by atoms with Crippen molar-refractivity contribution in [2.24, 2.45) is 5.92 Å². The van der Waals surface area contributed by atoms with Crippen LogP contribution in [-0.4, -0.2) is 19.7 Å². The second-order valence-corrected chi connectivity index (χ2v) is 4.97. The Morgan fingerprint density at radius 3 is 2.88 bits per heavy atom. The summed E-state index contributed by atoms with van der Waals surface area (Å²) >= 11 is 6.18. The minimum Gasteiger partial charge on any atom is -0.491 e. The van der Waals surface area contributed by atoms with Crippen LogP contribution >= 0.6 is 11.6 Å². The van der Waals surface area contributed by atoms with Crippen LogP contribution in [0.25, 0.3) is 0 Å². The van der Waals surface area contributed by atoms with E-state index in [1.54, 1.807) is 0 Å². The summed E-state index contributed by atoms with van der Waals surface area (Å²) in [7, 11) is 0. The number of hydrogen-bond acceptors (Lipinski definition) is 2. The Labute approximate surface area is 102 Å². The van der Waals surface area contributed by atoms with Gasteiger partial charge < -0.3 is 10.1 Å². The molecule has 2 nitrogen and oxygen atoms in total. The molecule has 1 aromatic rings. The van der Waals surface area contributed by atoms with E-state index in [0.717, 1.165) is 36.0 Å². The van der Waals surface area contributed by atoms with E-state index in [9.17, 15) is 0 Å². The smallest absolute Gasteiger partial charge is 0.140 e. The van der Waals surface area contributed by atoms with Crippen LogP contribution in [0, 0.1) is 19.8 Å². The largest absolute Gasteiger partial charge is 0.491 e. The summed E-state index contributed by atoms with van der Waals surface area (Å²) in [6, 6.07) is 4.06. The van der Waals surface area contributed by atoms with Gasteiger partial charge in [-0.1, -0.05) is 17.7 Å². The zero-order valence-electron chi connectivity index (χ0n) is 9.85. The summed E-state index contributed by atoms with van der Waals surface area (Å²) in [5, 5.41) is 4.06. The molecule has 3 heteroatoms. The molecule has 0 unspecified atom stereocenters. The maximum Gasteiger partial charge on any atom is 0.140 e. The molecule has 1 heterocycles. The molecule has 0 bridgehead atoms. The lowest BCUT2D eigenvalue weighted by Gasteiger charge is -2.14. The first-order chi connectivity index (χ1) is 7.66. The molecule has 0 aliphatic carbocycles. The van der Waals surface area contributed by atoms with Gasteiger partial charge in [0.2, 0.25) is 0 Å². The zero-order valence-corrected chi connectivity index (χ0v) is 10.6. The summed E-state index contributed by atoms with van der Waals surface area (Å²) in [5.41, 5.74) is 2.30. The van der Waals surface area contributed by atoms with Gasteiger partial charge in [0.25, 0.3) is 0 Å². The van der Waals surface area contributed by atoms with E-state index in [4.69, 9.17) is 16.3 Å². The van der Waals surface area contributed by atoms with Gasteiger partial charge in [-0.05, 0) is 44.0 Å². The van der Waals surface area contributed by atoms with Gasteiger partial charge in [0.15, 0.2) is 0 Å². The number of rotatable bonds is 3. The molecule has 0 amide bonds. The molecule has 88 valence electrons. The van der Waals surface area contributed by atoms with E-state index in [-0.39, 0.29) is 0 Å². The molecular weight excluding hydrogens is 222 g/mol. The van der Waals surface area contributed by atoms with Crippen molar-refractivity contribution in [3.8, 4) is 5.75 Å². The molecule has 0 saturated carbocycles. The van der Waals surface area contributed by atoms with E-state index in [1.165, 1.54) is 12.0 Å². The first-order valence-electron chi connectivity index (χ1n) is 5.77. The van der Waals surface area contributed by atoms with Crippen molar-refractivity contribution in [2.75, 3.05) is 19.7 Å². The highest BCUT2D eigenvalue weighted by atomic mass is 35.5. The Hall–Kier alpha value is -0.730. The summed E-state index contributed by atoms with van der Waals surface area (Å²) in [6.45, 7) is 7.01. The van der Waals surface area contributed by atoms with Gasteiger partial charge in [0.05, 0.1) is 11.6 Å². The quantitative estimate of drug-likeness (QED) is 0.876. The van der Waals surface area contributed by atoms with E-state index < -0.39 is 0 Å². The normalized spacial score (nSPS) is 20.1. The highest BCUT2D eigenvalue weighted by molar-refractivity contribution is 6.32. The third kappa shape index (κ3) is 2.69. The van der Waals surface area contributed by atoms with Crippen molar-refractivity contribution in [1.82, 2.24) is 5.32 Å². The highest BCUT2D eigenvalue weighted by Gasteiger charge is 2.16. The third-order valence-electron chi connectivity index (χ3n) is 3.00. The van der Waals surface area contributed by atoms with E-state index in [2.05, 4.69) is 11.4 Å². The molecule has 1 aliphatic heterocycles. The van der Waals surface area contributed by atoms with Crippen LogP contribution in [0.2, 0.25) is 5.02 Å². The van der Waals surface area contributed by atoms with Crippen LogP contribution in [-0.2, 0) is 0 Å². The summed E-state index contributed by atoms with van der Waals surface area (Å²) in [6.07, 6.45) is 1.20. The molecular formula is C13H18ClNO. The molecule has 1 aromatic carbocycles. The lowest BCUT2D eigenvalue weighted by Crippen LogP contribution is -2.16. The average molecular weight is 240 g/mol. The van der Waals surface area contributed by atoms with Gasteiger partial charge in [0, 0.05) is 12.5 Å². The molecule has 1 saturated heterocycles. The van der Waals surface area contributed by atoms with Crippen LogP contribution < -0.4 is 10.1 Å². The number of halogens is 1. The molecule has 0 radical (unpaired) electrons. The summed E-state index contributed by atoms with van der Waals surface area (Å²) < 4.78 is 5.83. The Balaban J connectivity index is 2.03. The van der Waals surface area contributed by atoms with Gasteiger partial charge in [-0.15, -0.1) is 0 Å². The predicted molar refractivity (Wildman–Crippen MR) is 67.4 cm³/mol. The van der Waals surface area contributed by atoms with Gasteiger partial charge in [0.1, 0.15) is 5.75 Å². The van der Waals surface area contributed by atoms with Crippen molar-refractivity contribution < 1.29 is 4.74 Å². The molecule has 2 rings (SSSR count). The number of nitrogens with one attached hydrogen (secondary N) is 1. The monoisotopic (exact) mass is 239 g/mol. The van der Waals surface area contributed by atoms with E-state index in [1.807, 2.05) is 19.9 Å². The second-order valence-electron chi connectivity index (χ2n) is 4.56. The number of ether oxygens (including phenoxy) is 1. The minimum atomic E-state index is 0.622. The Morgan fingerprint density at radius 2 is 2.25 bits per heavy atom.